The largest absolute Gasteiger partial charge is 0.423 e. The van der Waals surface area contributed by atoms with Gasteiger partial charge in [0.05, 0.1) is 11.2 Å². The van der Waals surface area contributed by atoms with Crippen molar-refractivity contribution in [1.82, 2.24) is 30.3 Å². The summed E-state index contributed by atoms with van der Waals surface area (Å²) in [5.74, 6) is 1.88. The number of aromatic nitrogens is 5. The number of carbonyl (C=O) groups is 1. The zero-order chi connectivity index (χ0) is 20.9. The number of aryl methyl sites for hydroxylation is 1. The van der Waals surface area contributed by atoms with Gasteiger partial charge >= 0.3 is 6.03 Å². The van der Waals surface area contributed by atoms with Crippen molar-refractivity contribution >= 4 is 23.3 Å². The summed E-state index contributed by atoms with van der Waals surface area (Å²) in [6, 6.07) is 5.16. The van der Waals surface area contributed by atoms with Gasteiger partial charge in [0.15, 0.2) is 5.82 Å². The van der Waals surface area contributed by atoms with Crippen LogP contribution in [0.1, 0.15) is 38.0 Å². The molecule has 2 aliphatic rings. The van der Waals surface area contributed by atoms with Gasteiger partial charge in [0.1, 0.15) is 5.54 Å². The average Bonchev–Trinajstić information content (AvgIpc) is 3.16. The maximum absolute atomic E-state index is 13.3. The molecule has 2 fully saturated rings. The van der Waals surface area contributed by atoms with Crippen LogP contribution in [0.25, 0.3) is 11.4 Å². The standard InChI is InChI=1S/C20H20ClN7O2/c1-11-7-14-10-20(9-11,18-27-25-12(2)30-18)28(14)19(29)24-13-3-4-16(21)15(8-13)17-22-5-6-23-26-17/h3-6,8,11,14H,7,9-10H2,1-2H3,(H,24,29)/t11-,14+,20-/m1/s1. The van der Waals surface area contributed by atoms with Crippen molar-refractivity contribution in [2.24, 2.45) is 5.92 Å². The molecule has 1 saturated carbocycles. The highest BCUT2D eigenvalue weighted by molar-refractivity contribution is 6.33. The fourth-order valence-electron chi connectivity index (χ4n) is 4.76. The van der Waals surface area contributed by atoms with Crippen LogP contribution in [0.3, 0.4) is 0 Å². The molecule has 1 aliphatic carbocycles. The van der Waals surface area contributed by atoms with Gasteiger partial charge < -0.3 is 14.6 Å². The summed E-state index contributed by atoms with van der Waals surface area (Å²) in [6.07, 6.45) is 5.63. The Hall–Kier alpha value is -3.07. The van der Waals surface area contributed by atoms with E-state index in [1.807, 2.05) is 4.90 Å². The number of hydrogen-bond acceptors (Lipinski definition) is 7. The summed E-state index contributed by atoms with van der Waals surface area (Å²) in [4.78, 5) is 19.3. The number of carbonyl (C=O) groups excluding carboxylic acids is 1. The Morgan fingerprint density at radius 2 is 2.13 bits per heavy atom. The van der Waals surface area contributed by atoms with Crippen LogP contribution in [0.15, 0.2) is 35.0 Å². The molecule has 2 aromatic heterocycles. The third kappa shape index (κ3) is 3.00. The first kappa shape index (κ1) is 18.9. The lowest BCUT2D eigenvalue weighted by Crippen LogP contribution is -2.70. The highest BCUT2D eigenvalue weighted by Crippen LogP contribution is 2.55. The number of likely N-dealkylation sites (tertiary alicyclic amines) is 1. The Morgan fingerprint density at radius 3 is 2.87 bits per heavy atom. The predicted molar refractivity (Wildman–Crippen MR) is 109 cm³/mol. The van der Waals surface area contributed by atoms with Crippen molar-refractivity contribution in [3.63, 3.8) is 0 Å². The lowest BCUT2D eigenvalue weighted by atomic mass is 9.64. The number of hydrogen-bond donors (Lipinski definition) is 1. The first-order valence-corrected chi connectivity index (χ1v) is 10.2. The van der Waals surface area contributed by atoms with E-state index in [1.54, 1.807) is 31.3 Å². The molecule has 154 valence electrons. The molecule has 3 aromatic rings. The Kier molecular flexibility index (Phi) is 4.43. The number of nitrogens with zero attached hydrogens (tertiary/aromatic N) is 6. The molecule has 30 heavy (non-hydrogen) atoms. The number of fused-ring (bicyclic) bond motifs is 2. The molecule has 0 radical (unpaired) electrons. The van der Waals surface area contributed by atoms with Crippen molar-refractivity contribution in [3.05, 3.63) is 47.4 Å². The predicted octanol–water partition coefficient (Wildman–Crippen LogP) is 3.82. The maximum Gasteiger partial charge on any atom is 0.323 e. The summed E-state index contributed by atoms with van der Waals surface area (Å²) in [6.45, 7) is 3.95. The molecule has 1 aliphatic heterocycles. The van der Waals surface area contributed by atoms with Gasteiger partial charge in [-0.15, -0.1) is 15.3 Å². The summed E-state index contributed by atoms with van der Waals surface area (Å²) in [5.41, 5.74) is 0.652. The van der Waals surface area contributed by atoms with Crippen LogP contribution in [-0.2, 0) is 5.54 Å². The van der Waals surface area contributed by atoms with Gasteiger partial charge in [-0.2, -0.15) is 5.10 Å². The fourth-order valence-corrected chi connectivity index (χ4v) is 4.96. The first-order valence-electron chi connectivity index (χ1n) is 9.81. The third-order valence-electron chi connectivity index (χ3n) is 5.84. The zero-order valence-electron chi connectivity index (χ0n) is 16.5. The van der Waals surface area contributed by atoms with Crippen LogP contribution in [0.5, 0.6) is 0 Å². The van der Waals surface area contributed by atoms with Crippen LogP contribution >= 0.6 is 11.6 Å². The summed E-state index contributed by atoms with van der Waals surface area (Å²) < 4.78 is 5.75. The van der Waals surface area contributed by atoms with Gasteiger partial charge in [-0.05, 0) is 37.0 Å². The van der Waals surface area contributed by atoms with Crippen LogP contribution in [0, 0.1) is 12.8 Å². The molecule has 0 unspecified atom stereocenters. The smallest absolute Gasteiger partial charge is 0.323 e. The second-order valence-corrected chi connectivity index (χ2v) is 8.43. The lowest BCUT2D eigenvalue weighted by Gasteiger charge is -2.61. The zero-order valence-corrected chi connectivity index (χ0v) is 17.3. The molecule has 5 rings (SSSR count). The second-order valence-electron chi connectivity index (χ2n) is 8.02. The Bertz CT molecular complexity index is 1110. The van der Waals surface area contributed by atoms with Gasteiger partial charge in [-0.3, -0.25) is 0 Å². The van der Waals surface area contributed by atoms with Crippen LogP contribution < -0.4 is 5.32 Å². The highest BCUT2D eigenvalue weighted by Gasteiger charge is 2.62. The summed E-state index contributed by atoms with van der Waals surface area (Å²) >= 11 is 6.31. The molecule has 3 heterocycles. The lowest BCUT2D eigenvalue weighted by molar-refractivity contribution is -0.110. The topological polar surface area (TPSA) is 110 Å². The number of urea groups is 1. The van der Waals surface area contributed by atoms with E-state index in [0.29, 0.717) is 39.8 Å². The Labute approximate surface area is 177 Å². The fraction of sp³-hybridized carbons (Fsp3) is 0.400. The quantitative estimate of drug-likeness (QED) is 0.679. The minimum absolute atomic E-state index is 0.148. The van der Waals surface area contributed by atoms with E-state index in [1.165, 1.54) is 6.20 Å². The van der Waals surface area contributed by atoms with Gasteiger partial charge in [0, 0.05) is 36.8 Å². The van der Waals surface area contributed by atoms with E-state index in [0.717, 1.165) is 19.3 Å². The van der Waals surface area contributed by atoms with Gasteiger partial charge in [-0.25, -0.2) is 9.78 Å². The summed E-state index contributed by atoms with van der Waals surface area (Å²) in [7, 11) is 0. The molecule has 1 saturated heterocycles. The number of rotatable bonds is 3. The molecule has 2 amide bonds. The SMILES string of the molecule is Cc1nnc([C@@]23C[C@H](C)C[C@@H](C2)N3C(=O)Nc2ccc(Cl)c(-c3nccnn3)c2)o1. The van der Waals surface area contributed by atoms with Crippen LogP contribution in [0.2, 0.25) is 5.02 Å². The number of amides is 2. The van der Waals surface area contributed by atoms with Crippen LogP contribution in [0.4, 0.5) is 10.5 Å². The van der Waals surface area contributed by atoms with Gasteiger partial charge in [0.2, 0.25) is 11.8 Å². The van der Waals surface area contributed by atoms with Crippen molar-refractivity contribution in [2.75, 3.05) is 5.32 Å². The summed E-state index contributed by atoms with van der Waals surface area (Å²) in [5, 5.41) is 19.5. The molecule has 9 nitrogen and oxygen atoms in total. The van der Waals surface area contributed by atoms with Crippen molar-refractivity contribution in [2.45, 2.75) is 44.7 Å². The molecule has 10 heteroatoms. The van der Waals surface area contributed by atoms with E-state index in [9.17, 15) is 4.79 Å². The van der Waals surface area contributed by atoms with E-state index >= 15 is 0 Å². The van der Waals surface area contributed by atoms with Gasteiger partial charge in [-0.1, -0.05) is 18.5 Å². The highest BCUT2D eigenvalue weighted by atomic mass is 35.5. The molecular formula is C20H20ClN7O2. The Balaban J connectivity index is 1.43. The third-order valence-corrected chi connectivity index (χ3v) is 6.17. The average molecular weight is 426 g/mol. The van der Waals surface area contributed by atoms with Crippen LogP contribution in [-0.4, -0.2) is 42.4 Å². The Morgan fingerprint density at radius 1 is 1.27 bits per heavy atom. The second kappa shape index (κ2) is 7.02. The normalized spacial score (nSPS) is 25.0. The van der Waals surface area contributed by atoms with E-state index in [2.05, 4.69) is 37.6 Å². The monoisotopic (exact) mass is 425 g/mol. The van der Waals surface area contributed by atoms with Crippen molar-refractivity contribution in [1.29, 1.82) is 0 Å². The van der Waals surface area contributed by atoms with E-state index in [4.69, 9.17) is 16.0 Å². The number of nitrogens with one attached hydrogen (secondary N) is 1. The minimum Gasteiger partial charge on any atom is -0.423 e. The van der Waals surface area contributed by atoms with E-state index < -0.39 is 5.54 Å². The number of benzene rings is 1. The minimum atomic E-state index is -0.546. The number of piperidine rings is 1. The molecule has 2 bridgehead atoms. The molecule has 1 N–H and O–H groups in total. The van der Waals surface area contributed by atoms with E-state index in [-0.39, 0.29) is 12.1 Å². The van der Waals surface area contributed by atoms with Crippen molar-refractivity contribution < 1.29 is 9.21 Å². The van der Waals surface area contributed by atoms with Crippen molar-refractivity contribution in [3.8, 4) is 11.4 Å². The van der Waals surface area contributed by atoms with Gasteiger partial charge in [0.25, 0.3) is 0 Å². The molecule has 0 spiro atoms. The number of halogens is 1. The molecule has 3 atom stereocenters. The maximum atomic E-state index is 13.3. The first-order chi connectivity index (χ1) is 14.5. The molecule has 1 aromatic carbocycles. The molecular weight excluding hydrogens is 406 g/mol. The number of anilines is 1.